The van der Waals surface area contributed by atoms with Crippen LogP contribution in [-0.4, -0.2) is 23.9 Å². The zero-order valence-corrected chi connectivity index (χ0v) is 18.8. The molecule has 0 saturated carbocycles. The van der Waals surface area contributed by atoms with Gasteiger partial charge in [-0.3, -0.25) is 14.5 Å². The Kier molecular flexibility index (Phi) is 5.45. The van der Waals surface area contributed by atoms with Crippen molar-refractivity contribution in [1.29, 1.82) is 0 Å². The van der Waals surface area contributed by atoms with Crippen LogP contribution in [0.5, 0.6) is 5.75 Å². The molecule has 1 N–H and O–H groups in total. The van der Waals surface area contributed by atoms with Gasteiger partial charge in [-0.15, -0.1) is 0 Å². The molecule has 7 heteroatoms. The molecule has 1 fully saturated rings. The fraction of sp³-hybridized carbons (Fsp3) is 0.167. The van der Waals surface area contributed by atoms with Crippen LogP contribution in [0.1, 0.15) is 28.5 Å². The van der Waals surface area contributed by atoms with Crippen molar-refractivity contribution in [2.45, 2.75) is 19.9 Å². The van der Waals surface area contributed by atoms with Crippen molar-refractivity contribution in [3.05, 3.63) is 87.3 Å². The fourth-order valence-corrected chi connectivity index (χ4v) is 4.30. The first-order valence-corrected chi connectivity index (χ1v) is 10.4. The van der Waals surface area contributed by atoms with E-state index in [1.807, 2.05) is 26.0 Å². The summed E-state index contributed by atoms with van der Waals surface area (Å²) < 4.78 is 11.4. The second-order valence-corrected chi connectivity index (χ2v) is 8.11. The SMILES string of the molecule is COc1ccc(/C(O)=C2/C(=O)C(=O)N(c3cccc(C)c3C)C2c2ccco2)cc1Br. The minimum absolute atomic E-state index is 0.0297. The van der Waals surface area contributed by atoms with Gasteiger partial charge in [-0.2, -0.15) is 0 Å². The zero-order chi connectivity index (χ0) is 22.3. The second-order valence-electron chi connectivity index (χ2n) is 7.25. The normalized spacial score (nSPS) is 17.9. The first-order valence-electron chi connectivity index (χ1n) is 9.59. The number of aliphatic hydroxyl groups excluding tert-OH is 1. The minimum atomic E-state index is -0.892. The molecule has 158 valence electrons. The van der Waals surface area contributed by atoms with Crippen molar-refractivity contribution in [2.75, 3.05) is 12.0 Å². The van der Waals surface area contributed by atoms with E-state index in [1.54, 1.807) is 36.4 Å². The lowest BCUT2D eigenvalue weighted by Crippen LogP contribution is -2.30. The lowest BCUT2D eigenvalue weighted by atomic mass is 9.98. The van der Waals surface area contributed by atoms with E-state index in [-0.39, 0.29) is 11.3 Å². The molecule has 0 bridgehead atoms. The molecule has 1 aromatic heterocycles. The standard InChI is InChI=1S/C24H20BrNO5/c1-13-6-4-7-17(14(13)2)26-21(19-8-5-11-31-19)20(23(28)24(26)29)22(27)15-9-10-18(30-3)16(25)12-15/h4-12,21,27H,1-3H3/b22-20-. The quantitative estimate of drug-likeness (QED) is 0.311. The highest BCUT2D eigenvalue weighted by Gasteiger charge is 2.48. The zero-order valence-electron chi connectivity index (χ0n) is 17.2. The van der Waals surface area contributed by atoms with Crippen LogP contribution in [-0.2, 0) is 9.59 Å². The molecule has 2 heterocycles. The number of halogens is 1. The lowest BCUT2D eigenvalue weighted by molar-refractivity contribution is -0.132. The molecule has 1 atom stereocenters. The van der Waals surface area contributed by atoms with Crippen LogP contribution in [0.3, 0.4) is 0 Å². The highest BCUT2D eigenvalue weighted by molar-refractivity contribution is 9.10. The van der Waals surface area contributed by atoms with Crippen molar-refractivity contribution in [3.63, 3.8) is 0 Å². The van der Waals surface area contributed by atoms with Gasteiger partial charge in [-0.05, 0) is 77.3 Å². The Bertz CT molecular complexity index is 1210. The molecule has 0 aliphatic carbocycles. The Labute approximate surface area is 187 Å². The van der Waals surface area contributed by atoms with Gasteiger partial charge in [0.2, 0.25) is 0 Å². The molecule has 6 nitrogen and oxygen atoms in total. The Morgan fingerprint density at radius 3 is 2.55 bits per heavy atom. The lowest BCUT2D eigenvalue weighted by Gasteiger charge is -2.25. The van der Waals surface area contributed by atoms with Gasteiger partial charge in [0.05, 0.1) is 23.4 Å². The summed E-state index contributed by atoms with van der Waals surface area (Å²) in [4.78, 5) is 27.7. The van der Waals surface area contributed by atoms with Crippen molar-refractivity contribution in [1.82, 2.24) is 0 Å². The Balaban J connectivity index is 1.94. The number of ether oxygens (including phenoxy) is 1. The number of ketones is 1. The Morgan fingerprint density at radius 1 is 1.13 bits per heavy atom. The summed E-state index contributed by atoms with van der Waals surface area (Å²) in [5.74, 6) is -0.809. The van der Waals surface area contributed by atoms with Crippen LogP contribution >= 0.6 is 15.9 Å². The molecule has 1 saturated heterocycles. The molecular formula is C24H20BrNO5. The van der Waals surface area contributed by atoms with E-state index in [2.05, 4.69) is 15.9 Å². The smallest absolute Gasteiger partial charge is 0.300 e. The van der Waals surface area contributed by atoms with E-state index < -0.39 is 17.7 Å². The molecular weight excluding hydrogens is 462 g/mol. The number of amides is 1. The van der Waals surface area contributed by atoms with Crippen LogP contribution in [0.4, 0.5) is 5.69 Å². The highest BCUT2D eigenvalue weighted by atomic mass is 79.9. The van der Waals surface area contributed by atoms with E-state index in [1.165, 1.54) is 18.3 Å². The van der Waals surface area contributed by atoms with Gasteiger partial charge in [0.25, 0.3) is 11.7 Å². The van der Waals surface area contributed by atoms with Gasteiger partial charge in [0.15, 0.2) is 0 Å². The summed E-state index contributed by atoms with van der Waals surface area (Å²) >= 11 is 3.39. The number of hydrogen-bond acceptors (Lipinski definition) is 5. The van der Waals surface area contributed by atoms with Crippen LogP contribution < -0.4 is 9.64 Å². The first-order chi connectivity index (χ1) is 14.8. The van der Waals surface area contributed by atoms with Crippen molar-refractivity contribution >= 4 is 39.1 Å². The van der Waals surface area contributed by atoms with E-state index in [0.717, 1.165) is 11.1 Å². The van der Waals surface area contributed by atoms with Gasteiger partial charge in [-0.1, -0.05) is 12.1 Å². The summed E-state index contributed by atoms with van der Waals surface area (Å²) in [6.45, 7) is 3.83. The average Bonchev–Trinajstić information content (AvgIpc) is 3.37. The van der Waals surface area contributed by atoms with E-state index >= 15 is 0 Å². The molecule has 1 amide bonds. The van der Waals surface area contributed by atoms with E-state index in [0.29, 0.717) is 27.2 Å². The molecule has 3 aromatic rings. The van der Waals surface area contributed by atoms with E-state index in [4.69, 9.17) is 9.15 Å². The largest absolute Gasteiger partial charge is 0.507 e. The number of nitrogens with zero attached hydrogens (tertiary/aromatic N) is 1. The van der Waals surface area contributed by atoms with Gasteiger partial charge >= 0.3 is 0 Å². The Morgan fingerprint density at radius 2 is 1.90 bits per heavy atom. The number of furan rings is 1. The van der Waals surface area contributed by atoms with E-state index in [9.17, 15) is 14.7 Å². The number of methoxy groups -OCH3 is 1. The van der Waals surface area contributed by atoms with Crippen LogP contribution in [0.2, 0.25) is 0 Å². The summed E-state index contributed by atoms with van der Waals surface area (Å²) in [6, 6.07) is 13.0. The summed E-state index contributed by atoms with van der Waals surface area (Å²) in [7, 11) is 1.53. The number of benzene rings is 2. The van der Waals surface area contributed by atoms with Crippen LogP contribution in [0, 0.1) is 13.8 Å². The number of aryl methyl sites for hydroxylation is 1. The summed E-state index contributed by atoms with van der Waals surface area (Å²) in [6.07, 6.45) is 1.47. The summed E-state index contributed by atoms with van der Waals surface area (Å²) in [5.41, 5.74) is 2.80. The molecule has 1 aliphatic heterocycles. The Hall–Kier alpha value is -3.32. The van der Waals surface area contributed by atoms with Crippen molar-refractivity contribution in [3.8, 4) is 5.75 Å². The average molecular weight is 482 g/mol. The van der Waals surface area contributed by atoms with Gasteiger partial charge in [-0.25, -0.2) is 0 Å². The number of hydrogen-bond donors (Lipinski definition) is 1. The maximum absolute atomic E-state index is 13.1. The third kappa shape index (κ3) is 3.45. The fourth-order valence-electron chi connectivity index (χ4n) is 3.76. The minimum Gasteiger partial charge on any atom is -0.507 e. The second kappa shape index (κ2) is 8.07. The number of aliphatic hydroxyl groups is 1. The van der Waals surface area contributed by atoms with Gasteiger partial charge in [0, 0.05) is 11.3 Å². The molecule has 0 spiro atoms. The predicted octanol–water partition coefficient (Wildman–Crippen LogP) is 5.29. The number of carbonyl (C=O) groups excluding carboxylic acids is 2. The molecule has 4 rings (SSSR count). The third-order valence-electron chi connectivity index (χ3n) is 5.52. The molecule has 1 unspecified atom stereocenters. The van der Waals surface area contributed by atoms with Crippen molar-refractivity contribution < 1.29 is 23.8 Å². The maximum Gasteiger partial charge on any atom is 0.300 e. The summed E-state index contributed by atoms with van der Waals surface area (Å²) in [5, 5.41) is 11.1. The molecule has 1 aliphatic rings. The molecule has 31 heavy (non-hydrogen) atoms. The molecule has 0 radical (unpaired) electrons. The number of rotatable bonds is 4. The van der Waals surface area contributed by atoms with Crippen LogP contribution in [0.15, 0.2) is 69.3 Å². The maximum atomic E-state index is 13.1. The topological polar surface area (TPSA) is 80.0 Å². The van der Waals surface area contributed by atoms with Gasteiger partial charge < -0.3 is 14.3 Å². The third-order valence-corrected chi connectivity index (χ3v) is 6.14. The number of anilines is 1. The molecule has 2 aromatic carbocycles. The predicted molar refractivity (Wildman–Crippen MR) is 120 cm³/mol. The van der Waals surface area contributed by atoms with Crippen molar-refractivity contribution in [2.24, 2.45) is 0 Å². The first kappa shape index (κ1) is 20.9. The number of Topliss-reactive ketones (excluding diaryl/α,β-unsaturated/α-hetero) is 1. The monoisotopic (exact) mass is 481 g/mol. The highest BCUT2D eigenvalue weighted by Crippen LogP contribution is 2.44. The van der Waals surface area contributed by atoms with Crippen LogP contribution in [0.25, 0.3) is 5.76 Å². The van der Waals surface area contributed by atoms with Gasteiger partial charge in [0.1, 0.15) is 23.3 Å². The number of carbonyl (C=O) groups is 2.